The lowest BCUT2D eigenvalue weighted by molar-refractivity contribution is 0.414. The average Bonchev–Trinajstić information content (AvgIpc) is 2.16. The van der Waals surface area contributed by atoms with Crippen molar-refractivity contribution in [1.82, 2.24) is 0 Å². The van der Waals surface area contributed by atoms with E-state index < -0.39 is 0 Å². The number of rotatable bonds is 2. The molecule has 0 aliphatic carbocycles. The molecule has 0 N–H and O–H groups in total. The molecule has 0 atom stereocenters. The first-order valence-corrected chi connectivity index (χ1v) is 4.26. The van der Waals surface area contributed by atoms with Crippen LogP contribution in [-0.4, -0.2) is 7.11 Å². The van der Waals surface area contributed by atoms with Gasteiger partial charge in [0.2, 0.25) is 0 Å². The molecular formula is C11H13NO. The summed E-state index contributed by atoms with van der Waals surface area (Å²) in [5.41, 5.74) is 1.79. The van der Waals surface area contributed by atoms with Crippen LogP contribution in [0.5, 0.6) is 5.75 Å². The van der Waals surface area contributed by atoms with E-state index in [0.717, 1.165) is 11.3 Å². The minimum atomic E-state index is 0.419. The molecule has 0 spiro atoms. The molecule has 0 aliphatic rings. The molecule has 0 heterocycles. The molecule has 0 unspecified atom stereocenters. The van der Waals surface area contributed by atoms with Crippen molar-refractivity contribution in [1.29, 1.82) is 5.26 Å². The fraction of sp³-hybridized carbons (Fsp3) is 0.364. The highest BCUT2D eigenvalue weighted by atomic mass is 16.5. The molecule has 0 bridgehead atoms. The molecule has 0 aliphatic heterocycles. The number of nitriles is 1. The summed E-state index contributed by atoms with van der Waals surface area (Å²) in [6, 6.07) is 7.72. The first-order chi connectivity index (χ1) is 6.17. The van der Waals surface area contributed by atoms with Crippen LogP contribution in [0.2, 0.25) is 0 Å². The second-order valence-electron chi connectivity index (χ2n) is 3.26. The van der Waals surface area contributed by atoms with Crippen molar-refractivity contribution in [2.24, 2.45) is 0 Å². The van der Waals surface area contributed by atoms with E-state index in [1.54, 1.807) is 13.2 Å². The molecule has 1 rings (SSSR count). The first-order valence-electron chi connectivity index (χ1n) is 4.26. The van der Waals surface area contributed by atoms with E-state index in [0.29, 0.717) is 11.5 Å². The summed E-state index contributed by atoms with van der Waals surface area (Å²) in [6.07, 6.45) is 0. The van der Waals surface area contributed by atoms with Crippen LogP contribution in [0.3, 0.4) is 0 Å². The molecule has 68 valence electrons. The quantitative estimate of drug-likeness (QED) is 0.692. The second-order valence-corrected chi connectivity index (χ2v) is 3.26. The molecule has 0 saturated carbocycles. The van der Waals surface area contributed by atoms with Gasteiger partial charge in [0.05, 0.1) is 18.7 Å². The van der Waals surface area contributed by atoms with Gasteiger partial charge in [-0.25, -0.2) is 0 Å². The Kier molecular flexibility index (Phi) is 2.92. The Balaban J connectivity index is 3.17. The van der Waals surface area contributed by atoms with Crippen molar-refractivity contribution in [3.63, 3.8) is 0 Å². The van der Waals surface area contributed by atoms with Gasteiger partial charge >= 0.3 is 0 Å². The van der Waals surface area contributed by atoms with E-state index in [1.807, 2.05) is 12.1 Å². The highest BCUT2D eigenvalue weighted by Gasteiger charge is 2.03. The topological polar surface area (TPSA) is 33.0 Å². The molecule has 0 amide bonds. The summed E-state index contributed by atoms with van der Waals surface area (Å²) < 4.78 is 5.10. The third-order valence-corrected chi connectivity index (χ3v) is 1.96. The van der Waals surface area contributed by atoms with Crippen molar-refractivity contribution in [3.05, 3.63) is 29.3 Å². The molecule has 1 aromatic rings. The van der Waals surface area contributed by atoms with Crippen molar-refractivity contribution in [3.8, 4) is 11.8 Å². The number of methoxy groups -OCH3 is 1. The van der Waals surface area contributed by atoms with Gasteiger partial charge in [0.15, 0.2) is 0 Å². The van der Waals surface area contributed by atoms with Crippen molar-refractivity contribution in [2.75, 3.05) is 7.11 Å². The maximum Gasteiger partial charge on any atom is 0.120 e. The second kappa shape index (κ2) is 3.95. The van der Waals surface area contributed by atoms with E-state index in [4.69, 9.17) is 10.00 Å². The first kappa shape index (κ1) is 9.60. The molecule has 0 aromatic heterocycles. The van der Waals surface area contributed by atoms with Crippen molar-refractivity contribution in [2.45, 2.75) is 19.8 Å². The van der Waals surface area contributed by atoms with Crippen LogP contribution in [0.1, 0.15) is 30.9 Å². The largest absolute Gasteiger partial charge is 0.497 e. The Hall–Kier alpha value is -1.49. The number of hydrogen-bond acceptors (Lipinski definition) is 2. The maximum absolute atomic E-state index is 8.76. The average molecular weight is 175 g/mol. The van der Waals surface area contributed by atoms with E-state index in [1.165, 1.54) is 0 Å². The van der Waals surface area contributed by atoms with Gasteiger partial charge < -0.3 is 4.74 Å². The molecule has 0 fully saturated rings. The minimum absolute atomic E-state index is 0.419. The van der Waals surface area contributed by atoms with Crippen LogP contribution in [0.25, 0.3) is 0 Å². The van der Waals surface area contributed by atoms with E-state index >= 15 is 0 Å². The summed E-state index contributed by atoms with van der Waals surface area (Å²) in [5, 5.41) is 8.76. The molecule has 2 heteroatoms. The standard InChI is InChI=1S/C11H13NO/c1-8(2)10-4-9(7-12)5-11(6-10)13-3/h4-6,8H,1-3H3. The summed E-state index contributed by atoms with van der Waals surface area (Å²) in [7, 11) is 1.61. The molecule has 13 heavy (non-hydrogen) atoms. The smallest absolute Gasteiger partial charge is 0.120 e. The fourth-order valence-corrected chi connectivity index (χ4v) is 1.14. The Morgan fingerprint density at radius 1 is 1.31 bits per heavy atom. The molecule has 1 aromatic carbocycles. The molecule has 2 nitrogen and oxygen atoms in total. The van der Waals surface area contributed by atoms with Gasteiger partial charge in [-0.05, 0) is 29.7 Å². The number of benzene rings is 1. The number of hydrogen-bond donors (Lipinski definition) is 0. The third kappa shape index (κ3) is 2.22. The van der Waals surface area contributed by atoms with Crippen LogP contribution in [0.15, 0.2) is 18.2 Å². The van der Waals surface area contributed by atoms with Crippen LogP contribution in [-0.2, 0) is 0 Å². The Bertz CT molecular complexity index is 336. The monoisotopic (exact) mass is 175 g/mol. The summed E-state index contributed by atoms with van der Waals surface area (Å²) in [4.78, 5) is 0. The van der Waals surface area contributed by atoms with Gasteiger partial charge in [0.25, 0.3) is 0 Å². The molecule has 0 radical (unpaired) electrons. The zero-order valence-electron chi connectivity index (χ0n) is 8.16. The normalized spacial score (nSPS) is 9.77. The maximum atomic E-state index is 8.76. The van der Waals surface area contributed by atoms with E-state index in [-0.39, 0.29) is 0 Å². The van der Waals surface area contributed by atoms with Gasteiger partial charge in [-0.2, -0.15) is 5.26 Å². The zero-order valence-corrected chi connectivity index (χ0v) is 8.16. The van der Waals surface area contributed by atoms with Crippen LogP contribution < -0.4 is 4.74 Å². The minimum Gasteiger partial charge on any atom is -0.497 e. The third-order valence-electron chi connectivity index (χ3n) is 1.96. The summed E-state index contributed by atoms with van der Waals surface area (Å²) in [5.74, 6) is 1.17. The highest BCUT2D eigenvalue weighted by molar-refractivity contribution is 5.41. The predicted octanol–water partition coefficient (Wildman–Crippen LogP) is 2.69. The van der Waals surface area contributed by atoms with Gasteiger partial charge in [-0.3, -0.25) is 0 Å². The highest BCUT2D eigenvalue weighted by Crippen LogP contribution is 2.22. The lowest BCUT2D eigenvalue weighted by Gasteiger charge is -2.08. The zero-order chi connectivity index (χ0) is 9.84. The lowest BCUT2D eigenvalue weighted by atomic mass is 10.0. The van der Waals surface area contributed by atoms with Gasteiger partial charge in [0, 0.05) is 0 Å². The number of ether oxygens (including phenoxy) is 1. The Labute approximate surface area is 78.8 Å². The van der Waals surface area contributed by atoms with Crippen molar-refractivity contribution >= 4 is 0 Å². The van der Waals surface area contributed by atoms with E-state index in [2.05, 4.69) is 19.9 Å². The van der Waals surface area contributed by atoms with E-state index in [9.17, 15) is 0 Å². The van der Waals surface area contributed by atoms with Crippen LogP contribution in [0.4, 0.5) is 0 Å². The Morgan fingerprint density at radius 2 is 2.00 bits per heavy atom. The van der Waals surface area contributed by atoms with Gasteiger partial charge in [0.1, 0.15) is 5.75 Å². The predicted molar refractivity (Wildman–Crippen MR) is 51.8 cm³/mol. The van der Waals surface area contributed by atoms with Crippen molar-refractivity contribution < 1.29 is 4.74 Å². The summed E-state index contributed by atoms with van der Waals surface area (Å²) >= 11 is 0. The fourth-order valence-electron chi connectivity index (χ4n) is 1.14. The van der Waals surface area contributed by atoms with Gasteiger partial charge in [-0.15, -0.1) is 0 Å². The SMILES string of the molecule is COc1cc(C#N)cc(C(C)C)c1. The van der Waals surface area contributed by atoms with Gasteiger partial charge in [-0.1, -0.05) is 13.8 Å². The number of nitrogens with zero attached hydrogens (tertiary/aromatic N) is 1. The van der Waals surface area contributed by atoms with Crippen LogP contribution >= 0.6 is 0 Å². The molecule has 0 saturated heterocycles. The van der Waals surface area contributed by atoms with Crippen LogP contribution in [0, 0.1) is 11.3 Å². The molecular weight excluding hydrogens is 162 g/mol. The lowest BCUT2D eigenvalue weighted by Crippen LogP contribution is -1.91. The Morgan fingerprint density at radius 3 is 2.46 bits per heavy atom. The summed E-state index contributed by atoms with van der Waals surface area (Å²) in [6.45, 7) is 4.19.